The van der Waals surface area contributed by atoms with Crippen LogP contribution in [0.5, 0.6) is 0 Å². The van der Waals surface area contributed by atoms with E-state index in [0.29, 0.717) is 11.4 Å². The molecule has 1 aromatic carbocycles. The highest BCUT2D eigenvalue weighted by atomic mass is 79.9. The monoisotopic (exact) mass is 401 g/mol. The number of carboxylic acid groups (broad SMARTS) is 2. The molecule has 0 spiro atoms. The molecule has 0 aliphatic carbocycles. The van der Waals surface area contributed by atoms with Gasteiger partial charge in [0.15, 0.2) is 0 Å². The minimum absolute atomic E-state index is 0.0209. The molecule has 23 heavy (non-hydrogen) atoms. The molecule has 0 bridgehead atoms. The zero-order valence-corrected chi connectivity index (χ0v) is 14.8. The molecule has 124 valence electrons. The van der Waals surface area contributed by atoms with Crippen molar-refractivity contribution in [2.45, 2.75) is 32.1 Å². The van der Waals surface area contributed by atoms with E-state index < -0.39 is 11.9 Å². The SMILES string of the molecule is CC(CC(=O)O)C(CCC(=O)O)c1c[nH]c2ccc(Br)c(Cl)c12. The molecule has 0 saturated heterocycles. The van der Waals surface area contributed by atoms with Crippen LogP contribution in [0.3, 0.4) is 0 Å². The molecule has 0 amide bonds. The quantitative estimate of drug-likeness (QED) is 0.629. The van der Waals surface area contributed by atoms with E-state index in [1.165, 1.54) is 0 Å². The summed E-state index contributed by atoms with van der Waals surface area (Å²) >= 11 is 9.78. The van der Waals surface area contributed by atoms with Gasteiger partial charge in [0.2, 0.25) is 0 Å². The van der Waals surface area contributed by atoms with Crippen molar-refractivity contribution in [3.05, 3.63) is 33.4 Å². The molecule has 0 saturated carbocycles. The number of nitrogens with one attached hydrogen (secondary N) is 1. The predicted molar refractivity (Wildman–Crippen MR) is 92.0 cm³/mol. The third-order valence-corrected chi connectivity index (χ3v) is 5.30. The maximum atomic E-state index is 11.0. The van der Waals surface area contributed by atoms with Crippen molar-refractivity contribution in [3.63, 3.8) is 0 Å². The Morgan fingerprint density at radius 1 is 1.30 bits per heavy atom. The molecule has 7 heteroatoms. The van der Waals surface area contributed by atoms with E-state index in [1.807, 2.05) is 19.1 Å². The van der Waals surface area contributed by atoms with Gasteiger partial charge >= 0.3 is 11.9 Å². The second-order valence-electron chi connectivity index (χ2n) is 5.64. The molecule has 0 fully saturated rings. The van der Waals surface area contributed by atoms with Gasteiger partial charge in [0.05, 0.1) is 5.02 Å². The fourth-order valence-corrected chi connectivity index (χ4v) is 3.52. The van der Waals surface area contributed by atoms with Crippen molar-refractivity contribution >= 4 is 50.4 Å². The van der Waals surface area contributed by atoms with Gasteiger partial charge in [-0.05, 0) is 51.9 Å². The number of carbonyl (C=O) groups is 2. The van der Waals surface area contributed by atoms with Crippen molar-refractivity contribution in [2.75, 3.05) is 0 Å². The molecule has 1 heterocycles. The summed E-state index contributed by atoms with van der Waals surface area (Å²) in [5.74, 6) is -2.21. The average molecular weight is 403 g/mol. The summed E-state index contributed by atoms with van der Waals surface area (Å²) in [5, 5.41) is 19.4. The largest absolute Gasteiger partial charge is 0.481 e. The highest BCUT2D eigenvalue weighted by Crippen LogP contribution is 2.40. The fraction of sp³-hybridized carbons (Fsp3) is 0.375. The summed E-state index contributed by atoms with van der Waals surface area (Å²) in [4.78, 5) is 25.1. The van der Waals surface area contributed by atoms with Crippen molar-refractivity contribution < 1.29 is 19.8 Å². The molecular formula is C16H17BrClNO4. The summed E-state index contributed by atoms with van der Waals surface area (Å²) in [6.07, 6.45) is 2.11. The van der Waals surface area contributed by atoms with E-state index in [0.717, 1.165) is 20.9 Å². The Hall–Kier alpha value is -1.53. The number of aromatic amines is 1. The van der Waals surface area contributed by atoms with E-state index in [2.05, 4.69) is 20.9 Å². The second-order valence-corrected chi connectivity index (χ2v) is 6.87. The molecule has 0 aliphatic rings. The lowest BCUT2D eigenvalue weighted by Crippen LogP contribution is -2.15. The van der Waals surface area contributed by atoms with Crippen LogP contribution in [0.4, 0.5) is 0 Å². The van der Waals surface area contributed by atoms with Crippen LogP contribution in [0.2, 0.25) is 5.02 Å². The van der Waals surface area contributed by atoms with Gasteiger partial charge in [0, 0.05) is 34.4 Å². The molecule has 2 rings (SSSR count). The zero-order chi connectivity index (χ0) is 17.1. The first kappa shape index (κ1) is 17.8. The summed E-state index contributed by atoms with van der Waals surface area (Å²) in [6.45, 7) is 1.82. The summed E-state index contributed by atoms with van der Waals surface area (Å²) in [5.41, 5.74) is 1.71. The molecular weight excluding hydrogens is 386 g/mol. The van der Waals surface area contributed by atoms with Gasteiger partial charge < -0.3 is 15.2 Å². The molecule has 1 aromatic heterocycles. The van der Waals surface area contributed by atoms with Crippen molar-refractivity contribution in [3.8, 4) is 0 Å². The first-order valence-corrected chi connectivity index (χ1v) is 8.37. The van der Waals surface area contributed by atoms with Gasteiger partial charge in [-0.2, -0.15) is 0 Å². The summed E-state index contributed by atoms with van der Waals surface area (Å²) < 4.78 is 0.746. The maximum absolute atomic E-state index is 11.0. The number of halogens is 2. The van der Waals surface area contributed by atoms with Crippen LogP contribution in [0.1, 0.15) is 37.7 Å². The van der Waals surface area contributed by atoms with Crippen LogP contribution in [0, 0.1) is 5.92 Å². The van der Waals surface area contributed by atoms with Gasteiger partial charge in [-0.25, -0.2) is 0 Å². The average Bonchev–Trinajstić information content (AvgIpc) is 2.86. The number of H-pyrrole nitrogens is 1. The van der Waals surface area contributed by atoms with Crippen LogP contribution < -0.4 is 0 Å². The molecule has 0 radical (unpaired) electrons. The number of carboxylic acids is 2. The Balaban J connectivity index is 2.47. The highest BCUT2D eigenvalue weighted by molar-refractivity contribution is 9.10. The number of benzene rings is 1. The number of fused-ring (bicyclic) bond motifs is 1. The van der Waals surface area contributed by atoms with E-state index >= 15 is 0 Å². The van der Waals surface area contributed by atoms with Gasteiger partial charge in [0.1, 0.15) is 0 Å². The first-order chi connectivity index (χ1) is 10.8. The predicted octanol–water partition coefficient (Wildman–Crippen LogP) is 4.64. The zero-order valence-electron chi connectivity index (χ0n) is 12.5. The Labute approximate surface area is 146 Å². The third kappa shape index (κ3) is 4.06. The van der Waals surface area contributed by atoms with Crippen molar-refractivity contribution in [2.24, 2.45) is 5.92 Å². The third-order valence-electron chi connectivity index (χ3n) is 4.02. The molecule has 2 atom stereocenters. The number of rotatable bonds is 7. The van der Waals surface area contributed by atoms with Gasteiger partial charge in [-0.3, -0.25) is 9.59 Å². The topological polar surface area (TPSA) is 90.4 Å². The van der Waals surface area contributed by atoms with E-state index in [9.17, 15) is 9.59 Å². The van der Waals surface area contributed by atoms with E-state index in [-0.39, 0.29) is 24.7 Å². The van der Waals surface area contributed by atoms with E-state index in [1.54, 1.807) is 6.20 Å². The van der Waals surface area contributed by atoms with Gasteiger partial charge in [-0.15, -0.1) is 0 Å². The molecule has 5 nitrogen and oxygen atoms in total. The van der Waals surface area contributed by atoms with Crippen LogP contribution >= 0.6 is 27.5 Å². The molecule has 2 unspecified atom stereocenters. The minimum atomic E-state index is -0.898. The second kappa shape index (κ2) is 7.36. The number of hydrogen-bond acceptors (Lipinski definition) is 2. The molecule has 3 N–H and O–H groups in total. The Morgan fingerprint density at radius 2 is 2.00 bits per heavy atom. The van der Waals surface area contributed by atoms with Crippen molar-refractivity contribution in [1.29, 1.82) is 0 Å². The van der Waals surface area contributed by atoms with Gasteiger partial charge in [-0.1, -0.05) is 18.5 Å². The summed E-state index contributed by atoms with van der Waals surface area (Å²) in [7, 11) is 0. The Morgan fingerprint density at radius 3 is 2.61 bits per heavy atom. The number of aliphatic carboxylic acids is 2. The van der Waals surface area contributed by atoms with Crippen LogP contribution in [0.15, 0.2) is 22.8 Å². The van der Waals surface area contributed by atoms with Crippen LogP contribution in [0.25, 0.3) is 10.9 Å². The lowest BCUT2D eigenvalue weighted by atomic mass is 9.82. The van der Waals surface area contributed by atoms with E-state index in [4.69, 9.17) is 21.8 Å². The standard InChI is InChI=1S/C16H17BrClNO4/c1-8(6-14(22)23)9(2-5-13(20)21)10-7-19-12-4-3-11(17)16(18)15(10)12/h3-4,7-9,19H,2,5-6H2,1H3,(H,20,21)(H,22,23). The lowest BCUT2D eigenvalue weighted by Gasteiger charge is -2.22. The van der Waals surface area contributed by atoms with Crippen LogP contribution in [-0.4, -0.2) is 27.1 Å². The Kier molecular flexibility index (Phi) is 5.70. The normalized spacial score (nSPS) is 13.9. The number of hydrogen-bond donors (Lipinski definition) is 3. The first-order valence-electron chi connectivity index (χ1n) is 7.19. The number of aromatic nitrogens is 1. The lowest BCUT2D eigenvalue weighted by molar-refractivity contribution is -0.138. The maximum Gasteiger partial charge on any atom is 0.303 e. The molecule has 0 aliphatic heterocycles. The highest BCUT2D eigenvalue weighted by Gasteiger charge is 2.26. The van der Waals surface area contributed by atoms with Gasteiger partial charge in [0.25, 0.3) is 0 Å². The Bertz CT molecular complexity index is 743. The minimum Gasteiger partial charge on any atom is -0.481 e. The smallest absolute Gasteiger partial charge is 0.303 e. The van der Waals surface area contributed by atoms with Crippen molar-refractivity contribution in [1.82, 2.24) is 4.98 Å². The van der Waals surface area contributed by atoms with Crippen LogP contribution in [-0.2, 0) is 9.59 Å². The molecule has 2 aromatic rings. The summed E-state index contributed by atoms with van der Waals surface area (Å²) in [6, 6.07) is 3.71. The fourth-order valence-electron chi connectivity index (χ4n) is 2.92.